The Morgan fingerprint density at radius 3 is 2.12 bits per heavy atom. The van der Waals surface area contributed by atoms with Crippen molar-refractivity contribution in [2.75, 3.05) is 0 Å². The molecule has 1 atom stereocenters. The van der Waals surface area contributed by atoms with Crippen molar-refractivity contribution in [2.24, 2.45) is 0 Å². The Labute approximate surface area is 106 Å². The third-order valence-corrected chi connectivity index (χ3v) is 3.24. The first-order valence-electron chi connectivity index (χ1n) is 5.56. The molecule has 0 radical (unpaired) electrons. The summed E-state index contributed by atoms with van der Waals surface area (Å²) in [5.74, 6) is 0. The van der Waals surface area contributed by atoms with E-state index in [1.165, 1.54) is 0 Å². The number of pyridine rings is 1. The Kier molecular flexibility index (Phi) is 3.46. The van der Waals surface area contributed by atoms with Gasteiger partial charge in [0.05, 0.1) is 0 Å². The third kappa shape index (κ3) is 2.33. The van der Waals surface area contributed by atoms with E-state index in [9.17, 15) is 5.11 Å². The highest BCUT2D eigenvalue weighted by atomic mass is 35.5. The zero-order chi connectivity index (χ0) is 12.3. The highest BCUT2D eigenvalue weighted by Crippen LogP contribution is 2.32. The molecule has 1 aromatic heterocycles. The van der Waals surface area contributed by atoms with E-state index in [1.54, 1.807) is 24.5 Å². The fourth-order valence-electron chi connectivity index (χ4n) is 1.93. The number of hydrogen-bond acceptors (Lipinski definition) is 2. The van der Waals surface area contributed by atoms with Crippen LogP contribution in [0.15, 0.2) is 48.8 Å². The summed E-state index contributed by atoms with van der Waals surface area (Å²) in [6.07, 6.45) is 3.97. The Bertz CT molecular complexity index is 483. The highest BCUT2D eigenvalue weighted by molar-refractivity contribution is 6.30. The molecule has 88 valence electrons. The first-order chi connectivity index (χ1) is 8.16. The van der Waals surface area contributed by atoms with E-state index in [2.05, 4.69) is 4.98 Å². The van der Waals surface area contributed by atoms with Crippen LogP contribution in [0.25, 0.3) is 0 Å². The molecule has 0 fully saturated rings. The zero-order valence-electron chi connectivity index (χ0n) is 9.60. The van der Waals surface area contributed by atoms with E-state index >= 15 is 0 Å². The summed E-state index contributed by atoms with van der Waals surface area (Å²) in [6.45, 7) is 1.95. The van der Waals surface area contributed by atoms with E-state index in [4.69, 9.17) is 11.6 Å². The maximum atomic E-state index is 10.8. The fourth-order valence-corrected chi connectivity index (χ4v) is 2.05. The molecule has 2 nitrogen and oxygen atoms in total. The quantitative estimate of drug-likeness (QED) is 0.902. The summed E-state index contributed by atoms with van der Waals surface area (Å²) in [5, 5.41) is 11.5. The van der Waals surface area contributed by atoms with E-state index in [0.717, 1.165) is 11.1 Å². The lowest BCUT2D eigenvalue weighted by Crippen LogP contribution is -2.26. The van der Waals surface area contributed by atoms with Gasteiger partial charge >= 0.3 is 0 Å². The molecule has 1 N–H and O–H groups in total. The van der Waals surface area contributed by atoms with E-state index < -0.39 is 5.60 Å². The van der Waals surface area contributed by atoms with Crippen molar-refractivity contribution in [3.05, 3.63) is 64.9 Å². The van der Waals surface area contributed by atoms with Gasteiger partial charge in [-0.25, -0.2) is 0 Å². The molecule has 0 aliphatic rings. The van der Waals surface area contributed by atoms with Crippen LogP contribution >= 0.6 is 11.6 Å². The summed E-state index contributed by atoms with van der Waals surface area (Å²) in [5.41, 5.74) is 0.709. The molecule has 2 aromatic rings. The van der Waals surface area contributed by atoms with E-state index in [1.807, 2.05) is 31.2 Å². The Morgan fingerprint density at radius 2 is 1.59 bits per heavy atom. The lowest BCUT2D eigenvalue weighted by molar-refractivity contribution is 0.0764. The van der Waals surface area contributed by atoms with Gasteiger partial charge in [0.25, 0.3) is 0 Å². The SMILES string of the molecule is CC[C@@](O)(c1ccncc1)c1ccc(Cl)cc1. The molecule has 0 spiro atoms. The number of rotatable bonds is 3. The highest BCUT2D eigenvalue weighted by Gasteiger charge is 2.29. The largest absolute Gasteiger partial charge is 0.380 e. The predicted octanol–water partition coefficient (Wildman–Crippen LogP) is 3.38. The number of aromatic nitrogens is 1. The van der Waals surface area contributed by atoms with Gasteiger partial charge < -0.3 is 5.11 Å². The molecule has 1 aromatic carbocycles. The topological polar surface area (TPSA) is 33.1 Å². The Morgan fingerprint density at radius 1 is 1.06 bits per heavy atom. The third-order valence-electron chi connectivity index (χ3n) is 2.99. The maximum Gasteiger partial charge on any atom is 0.114 e. The van der Waals surface area contributed by atoms with Crippen LogP contribution < -0.4 is 0 Å². The first kappa shape index (κ1) is 12.1. The van der Waals surface area contributed by atoms with Crippen molar-refractivity contribution in [1.29, 1.82) is 0 Å². The Hall–Kier alpha value is -1.38. The maximum absolute atomic E-state index is 10.8. The van der Waals surface area contributed by atoms with Crippen molar-refractivity contribution in [1.82, 2.24) is 4.98 Å². The van der Waals surface area contributed by atoms with Crippen molar-refractivity contribution in [2.45, 2.75) is 18.9 Å². The number of halogens is 1. The molecule has 0 unspecified atom stereocenters. The number of hydrogen-bond donors (Lipinski definition) is 1. The van der Waals surface area contributed by atoms with Crippen LogP contribution in [0, 0.1) is 0 Å². The second-order valence-electron chi connectivity index (χ2n) is 3.96. The average Bonchev–Trinajstić information content (AvgIpc) is 2.40. The smallest absolute Gasteiger partial charge is 0.114 e. The number of aliphatic hydroxyl groups is 1. The van der Waals surface area contributed by atoms with Crippen molar-refractivity contribution < 1.29 is 5.11 Å². The van der Waals surface area contributed by atoms with Gasteiger partial charge in [0.2, 0.25) is 0 Å². The normalized spacial score (nSPS) is 14.3. The van der Waals surface area contributed by atoms with Gasteiger partial charge in [-0.15, -0.1) is 0 Å². The van der Waals surface area contributed by atoms with Gasteiger partial charge in [-0.3, -0.25) is 4.98 Å². The standard InChI is InChI=1S/C14H14ClNO/c1-2-14(17,12-7-9-16-10-8-12)11-3-5-13(15)6-4-11/h3-10,17H,2H2,1H3/t14-/m0/s1. The minimum atomic E-state index is -0.979. The lowest BCUT2D eigenvalue weighted by Gasteiger charge is -2.27. The summed E-state index contributed by atoms with van der Waals surface area (Å²) >= 11 is 5.86. The summed E-state index contributed by atoms with van der Waals surface area (Å²) in [7, 11) is 0. The fraction of sp³-hybridized carbons (Fsp3) is 0.214. The summed E-state index contributed by atoms with van der Waals surface area (Å²) in [4.78, 5) is 3.97. The van der Waals surface area contributed by atoms with Gasteiger partial charge in [-0.05, 0) is 41.8 Å². The molecule has 0 amide bonds. The van der Waals surface area contributed by atoms with Crippen LogP contribution in [-0.2, 0) is 5.60 Å². The van der Waals surface area contributed by atoms with Crippen molar-refractivity contribution in [3.63, 3.8) is 0 Å². The summed E-state index contributed by atoms with van der Waals surface area (Å²) < 4.78 is 0. The van der Waals surface area contributed by atoms with Crippen LogP contribution in [0.4, 0.5) is 0 Å². The van der Waals surface area contributed by atoms with Crippen molar-refractivity contribution in [3.8, 4) is 0 Å². The molecule has 17 heavy (non-hydrogen) atoms. The van der Waals surface area contributed by atoms with Crippen LogP contribution in [-0.4, -0.2) is 10.1 Å². The predicted molar refractivity (Wildman–Crippen MR) is 69.0 cm³/mol. The minimum Gasteiger partial charge on any atom is -0.380 e. The molecule has 0 aliphatic heterocycles. The molecule has 0 bridgehead atoms. The molecule has 3 heteroatoms. The second kappa shape index (κ2) is 4.86. The molecule has 0 saturated carbocycles. The van der Waals surface area contributed by atoms with Gasteiger partial charge in [0.15, 0.2) is 0 Å². The molecule has 0 saturated heterocycles. The van der Waals surface area contributed by atoms with Crippen molar-refractivity contribution >= 4 is 11.6 Å². The molecule has 0 aliphatic carbocycles. The molecular formula is C14H14ClNO. The molecule has 2 rings (SSSR count). The second-order valence-corrected chi connectivity index (χ2v) is 4.39. The number of benzene rings is 1. The van der Waals surface area contributed by atoms with Gasteiger partial charge in [0.1, 0.15) is 5.60 Å². The molecular weight excluding hydrogens is 234 g/mol. The zero-order valence-corrected chi connectivity index (χ0v) is 10.4. The van der Waals surface area contributed by atoms with Crippen LogP contribution in [0.3, 0.4) is 0 Å². The summed E-state index contributed by atoms with van der Waals surface area (Å²) in [6, 6.07) is 11.0. The molecule has 1 heterocycles. The van der Waals surface area contributed by atoms with E-state index in [-0.39, 0.29) is 0 Å². The average molecular weight is 248 g/mol. The first-order valence-corrected chi connectivity index (χ1v) is 5.93. The van der Waals surface area contributed by atoms with Gasteiger partial charge in [-0.1, -0.05) is 30.7 Å². The van der Waals surface area contributed by atoms with Gasteiger partial charge in [-0.2, -0.15) is 0 Å². The van der Waals surface area contributed by atoms with E-state index in [0.29, 0.717) is 11.4 Å². The lowest BCUT2D eigenvalue weighted by atomic mass is 9.85. The monoisotopic (exact) mass is 247 g/mol. The van der Waals surface area contributed by atoms with Gasteiger partial charge in [0, 0.05) is 17.4 Å². The minimum absolute atomic E-state index is 0.596. The Balaban J connectivity index is 2.48. The van der Waals surface area contributed by atoms with Crippen LogP contribution in [0.2, 0.25) is 5.02 Å². The number of nitrogens with zero attached hydrogens (tertiary/aromatic N) is 1. The van der Waals surface area contributed by atoms with Crippen LogP contribution in [0.1, 0.15) is 24.5 Å². The van der Waals surface area contributed by atoms with Crippen LogP contribution in [0.5, 0.6) is 0 Å².